The first kappa shape index (κ1) is 18.4. The van der Waals surface area contributed by atoms with Crippen molar-refractivity contribution in [3.05, 3.63) is 23.8 Å². The standard InChI is InChI=1S/C18H28N2O4/c1-4-14(13-7-8-15(23-2)16(11-13)24-3)19-17(22)20-18(12-21)9-5-6-10-18/h7-8,11,14,21H,4-6,9-10,12H2,1-3H3,(H2,19,20,22)/t14-/m0/s1. The number of hydrogen-bond donors (Lipinski definition) is 3. The van der Waals surface area contributed by atoms with E-state index in [-0.39, 0.29) is 18.7 Å². The van der Waals surface area contributed by atoms with E-state index in [0.29, 0.717) is 11.5 Å². The summed E-state index contributed by atoms with van der Waals surface area (Å²) in [6, 6.07) is 5.26. The van der Waals surface area contributed by atoms with Crippen LogP contribution in [0.2, 0.25) is 0 Å². The first-order valence-corrected chi connectivity index (χ1v) is 8.49. The van der Waals surface area contributed by atoms with Crippen molar-refractivity contribution in [1.29, 1.82) is 0 Å². The molecule has 0 unspecified atom stereocenters. The van der Waals surface area contributed by atoms with Crippen LogP contribution in [0.5, 0.6) is 11.5 Å². The Kier molecular flexibility index (Phi) is 6.31. The molecule has 0 radical (unpaired) electrons. The lowest BCUT2D eigenvalue weighted by atomic mass is 9.99. The van der Waals surface area contributed by atoms with Gasteiger partial charge in [0, 0.05) is 0 Å². The lowest BCUT2D eigenvalue weighted by Crippen LogP contribution is -2.53. The normalized spacial score (nSPS) is 17.2. The fraction of sp³-hybridized carbons (Fsp3) is 0.611. The molecule has 6 heteroatoms. The number of aliphatic hydroxyl groups is 1. The fourth-order valence-corrected chi connectivity index (χ4v) is 3.30. The molecule has 1 fully saturated rings. The van der Waals surface area contributed by atoms with Gasteiger partial charge in [-0.25, -0.2) is 4.79 Å². The summed E-state index contributed by atoms with van der Waals surface area (Å²) < 4.78 is 10.6. The molecule has 1 aliphatic carbocycles. The second-order valence-electron chi connectivity index (χ2n) is 6.32. The van der Waals surface area contributed by atoms with Crippen LogP contribution in [0.3, 0.4) is 0 Å². The molecule has 0 saturated heterocycles. The molecule has 1 aliphatic rings. The molecule has 1 aromatic carbocycles. The second-order valence-corrected chi connectivity index (χ2v) is 6.32. The Balaban J connectivity index is 2.07. The number of carbonyl (C=O) groups excluding carboxylic acids is 1. The molecule has 0 aromatic heterocycles. The van der Waals surface area contributed by atoms with Crippen molar-refractivity contribution < 1.29 is 19.4 Å². The maximum Gasteiger partial charge on any atom is 0.315 e. The summed E-state index contributed by atoms with van der Waals surface area (Å²) >= 11 is 0. The Morgan fingerprint density at radius 1 is 1.25 bits per heavy atom. The average Bonchev–Trinajstić information content (AvgIpc) is 3.07. The minimum absolute atomic E-state index is 0.0203. The van der Waals surface area contributed by atoms with Gasteiger partial charge in [0.1, 0.15) is 0 Å². The summed E-state index contributed by atoms with van der Waals surface area (Å²) in [7, 11) is 3.18. The highest BCUT2D eigenvalue weighted by atomic mass is 16.5. The molecule has 0 aliphatic heterocycles. The van der Waals surface area contributed by atoms with Gasteiger partial charge in [0.25, 0.3) is 0 Å². The topological polar surface area (TPSA) is 79.8 Å². The number of methoxy groups -OCH3 is 2. The van der Waals surface area contributed by atoms with Crippen molar-refractivity contribution in [3.8, 4) is 11.5 Å². The Hall–Kier alpha value is -1.95. The number of benzene rings is 1. The van der Waals surface area contributed by atoms with E-state index in [0.717, 1.165) is 37.7 Å². The Morgan fingerprint density at radius 3 is 2.46 bits per heavy atom. The molecule has 6 nitrogen and oxygen atoms in total. The first-order chi connectivity index (χ1) is 11.6. The highest BCUT2D eigenvalue weighted by Crippen LogP contribution is 2.31. The zero-order valence-corrected chi connectivity index (χ0v) is 14.7. The summed E-state index contributed by atoms with van der Waals surface area (Å²) in [5, 5.41) is 15.6. The van der Waals surface area contributed by atoms with Crippen molar-refractivity contribution in [2.45, 2.75) is 50.6 Å². The highest BCUT2D eigenvalue weighted by Gasteiger charge is 2.35. The number of aliphatic hydroxyl groups excluding tert-OH is 1. The molecule has 134 valence electrons. The SMILES string of the molecule is CC[C@H](NC(=O)NC1(CO)CCCC1)c1ccc(OC)c(OC)c1. The molecular weight excluding hydrogens is 308 g/mol. The molecule has 2 amide bonds. The highest BCUT2D eigenvalue weighted by molar-refractivity contribution is 5.75. The zero-order chi connectivity index (χ0) is 17.6. The summed E-state index contributed by atoms with van der Waals surface area (Å²) in [6.07, 6.45) is 4.46. The molecule has 1 aromatic rings. The van der Waals surface area contributed by atoms with Crippen molar-refractivity contribution in [2.75, 3.05) is 20.8 Å². The van der Waals surface area contributed by atoms with Crippen LogP contribution < -0.4 is 20.1 Å². The van der Waals surface area contributed by atoms with Crippen LogP contribution in [0.1, 0.15) is 50.6 Å². The molecule has 2 rings (SSSR count). The van der Waals surface area contributed by atoms with Crippen LogP contribution in [0.15, 0.2) is 18.2 Å². The van der Waals surface area contributed by atoms with Crippen LogP contribution in [-0.2, 0) is 0 Å². The molecule has 0 heterocycles. The van der Waals surface area contributed by atoms with Crippen LogP contribution in [0.4, 0.5) is 4.79 Å². The third-order valence-corrected chi connectivity index (χ3v) is 4.77. The molecular formula is C18H28N2O4. The summed E-state index contributed by atoms with van der Waals surface area (Å²) in [6.45, 7) is 1.99. The molecule has 1 atom stereocenters. The fourth-order valence-electron chi connectivity index (χ4n) is 3.30. The lowest BCUT2D eigenvalue weighted by molar-refractivity contribution is 0.161. The smallest absolute Gasteiger partial charge is 0.315 e. The van der Waals surface area contributed by atoms with Crippen LogP contribution >= 0.6 is 0 Å². The van der Waals surface area contributed by atoms with Crippen molar-refractivity contribution in [2.24, 2.45) is 0 Å². The van der Waals surface area contributed by atoms with Gasteiger partial charge in [-0.15, -0.1) is 0 Å². The van der Waals surface area contributed by atoms with E-state index in [9.17, 15) is 9.90 Å². The van der Waals surface area contributed by atoms with Crippen LogP contribution in [-0.4, -0.2) is 37.5 Å². The van der Waals surface area contributed by atoms with E-state index in [1.807, 2.05) is 25.1 Å². The molecule has 3 N–H and O–H groups in total. The van der Waals surface area contributed by atoms with Crippen LogP contribution in [0, 0.1) is 0 Å². The number of rotatable bonds is 7. The molecule has 24 heavy (non-hydrogen) atoms. The van der Waals surface area contributed by atoms with Crippen molar-refractivity contribution in [3.63, 3.8) is 0 Å². The van der Waals surface area contributed by atoms with Crippen LogP contribution in [0.25, 0.3) is 0 Å². The summed E-state index contributed by atoms with van der Waals surface area (Å²) in [4.78, 5) is 12.4. The molecule has 1 saturated carbocycles. The summed E-state index contributed by atoms with van der Waals surface area (Å²) in [5.74, 6) is 1.30. The van der Waals surface area contributed by atoms with E-state index in [4.69, 9.17) is 9.47 Å². The van der Waals surface area contributed by atoms with Gasteiger partial charge in [-0.05, 0) is 37.0 Å². The van der Waals surface area contributed by atoms with Gasteiger partial charge in [-0.3, -0.25) is 0 Å². The van der Waals surface area contributed by atoms with E-state index >= 15 is 0 Å². The second kappa shape index (κ2) is 8.24. The number of nitrogens with one attached hydrogen (secondary N) is 2. The number of carbonyl (C=O) groups is 1. The van der Waals surface area contributed by atoms with Gasteiger partial charge >= 0.3 is 6.03 Å². The maximum atomic E-state index is 12.4. The largest absolute Gasteiger partial charge is 0.493 e. The minimum Gasteiger partial charge on any atom is -0.493 e. The van der Waals surface area contributed by atoms with Gasteiger partial charge in [-0.1, -0.05) is 25.8 Å². The average molecular weight is 336 g/mol. The Labute approximate surface area is 143 Å². The van der Waals surface area contributed by atoms with Gasteiger partial charge in [0.05, 0.1) is 32.4 Å². The minimum atomic E-state index is -0.472. The van der Waals surface area contributed by atoms with E-state index in [1.54, 1.807) is 14.2 Å². The van der Waals surface area contributed by atoms with Gasteiger partial charge in [0.15, 0.2) is 11.5 Å². The lowest BCUT2D eigenvalue weighted by Gasteiger charge is -2.29. The Bertz CT molecular complexity index is 556. The van der Waals surface area contributed by atoms with E-state index in [1.165, 1.54) is 0 Å². The number of urea groups is 1. The maximum absolute atomic E-state index is 12.4. The predicted octanol–water partition coefficient (Wildman–Crippen LogP) is 2.76. The van der Waals surface area contributed by atoms with Gasteiger partial charge in [0.2, 0.25) is 0 Å². The molecule has 0 bridgehead atoms. The number of ether oxygens (including phenoxy) is 2. The van der Waals surface area contributed by atoms with Crippen molar-refractivity contribution >= 4 is 6.03 Å². The quantitative estimate of drug-likeness (QED) is 0.715. The summed E-state index contributed by atoms with van der Waals surface area (Å²) in [5.41, 5.74) is 0.481. The van der Waals surface area contributed by atoms with E-state index in [2.05, 4.69) is 10.6 Å². The van der Waals surface area contributed by atoms with E-state index < -0.39 is 5.54 Å². The number of hydrogen-bond acceptors (Lipinski definition) is 4. The van der Waals surface area contributed by atoms with Gasteiger partial charge < -0.3 is 25.2 Å². The Morgan fingerprint density at radius 2 is 1.92 bits per heavy atom. The van der Waals surface area contributed by atoms with Crippen molar-refractivity contribution in [1.82, 2.24) is 10.6 Å². The first-order valence-electron chi connectivity index (χ1n) is 8.49. The number of amides is 2. The monoisotopic (exact) mass is 336 g/mol. The zero-order valence-electron chi connectivity index (χ0n) is 14.7. The third kappa shape index (κ3) is 4.12. The van der Waals surface area contributed by atoms with Gasteiger partial charge in [-0.2, -0.15) is 0 Å². The third-order valence-electron chi connectivity index (χ3n) is 4.77. The predicted molar refractivity (Wildman–Crippen MR) is 92.5 cm³/mol. The molecule has 0 spiro atoms.